The molecule has 2 fully saturated rings. The number of piperazine rings is 1. The fraction of sp³-hybridized carbons (Fsp3) is 0.500. The van der Waals surface area contributed by atoms with E-state index < -0.39 is 45.1 Å². The zero-order valence-electron chi connectivity index (χ0n) is 18.1. The van der Waals surface area contributed by atoms with Gasteiger partial charge >= 0.3 is 6.18 Å². The van der Waals surface area contributed by atoms with E-state index in [4.69, 9.17) is 4.74 Å². The maximum atomic E-state index is 14.1. The first-order valence-electron chi connectivity index (χ1n) is 10.5. The standard InChI is InChI=1S/C20H23F4N5O4S/c1-13-12-33-5-4-28(13)15-7-18(26-19(30)8-15)29-3-2-27(11-17(29)20(22,23)24)34(31,32)16-6-14(21)9-25-10-16/h6-10,13,17H,2-5,11-12H2,1H3,(H,26,30). The van der Waals surface area contributed by atoms with Crippen LogP contribution in [0.1, 0.15) is 6.92 Å². The average Bonchev–Trinajstić information content (AvgIpc) is 2.78. The van der Waals surface area contributed by atoms with Gasteiger partial charge in [0.2, 0.25) is 10.0 Å². The molecule has 0 aliphatic carbocycles. The normalized spacial score (nSPS) is 22.7. The van der Waals surface area contributed by atoms with E-state index >= 15 is 0 Å². The highest BCUT2D eigenvalue weighted by Crippen LogP contribution is 2.33. The van der Waals surface area contributed by atoms with Crippen LogP contribution in [0.25, 0.3) is 0 Å². The molecule has 0 amide bonds. The molecule has 2 aliphatic heterocycles. The second-order valence-corrected chi connectivity index (χ2v) is 10.1. The lowest BCUT2D eigenvalue weighted by Crippen LogP contribution is -2.60. The molecule has 2 aromatic rings. The van der Waals surface area contributed by atoms with Gasteiger partial charge in [-0.1, -0.05) is 0 Å². The minimum atomic E-state index is -4.81. The van der Waals surface area contributed by atoms with E-state index in [-0.39, 0.29) is 24.9 Å². The lowest BCUT2D eigenvalue weighted by Gasteiger charge is -2.42. The molecule has 2 atom stereocenters. The fourth-order valence-corrected chi connectivity index (χ4v) is 5.59. The molecule has 4 heterocycles. The van der Waals surface area contributed by atoms with Crippen LogP contribution in [0.4, 0.5) is 29.1 Å². The highest BCUT2D eigenvalue weighted by Gasteiger charge is 2.49. The Balaban J connectivity index is 1.66. The van der Waals surface area contributed by atoms with E-state index in [2.05, 4.69) is 9.97 Å². The number of rotatable bonds is 4. The van der Waals surface area contributed by atoms with Crippen LogP contribution in [-0.4, -0.2) is 80.3 Å². The second-order valence-electron chi connectivity index (χ2n) is 8.16. The summed E-state index contributed by atoms with van der Waals surface area (Å²) in [4.78, 5) is 20.6. The Morgan fingerprint density at radius 3 is 2.56 bits per heavy atom. The Kier molecular flexibility index (Phi) is 6.57. The smallest absolute Gasteiger partial charge is 0.377 e. The summed E-state index contributed by atoms with van der Waals surface area (Å²) in [6.45, 7) is 1.62. The van der Waals surface area contributed by atoms with Gasteiger partial charge < -0.3 is 19.5 Å². The summed E-state index contributed by atoms with van der Waals surface area (Å²) in [6, 6.07) is 1.17. The zero-order chi connectivity index (χ0) is 24.7. The minimum absolute atomic E-state index is 0.0620. The first-order valence-corrected chi connectivity index (χ1v) is 11.9. The Morgan fingerprint density at radius 1 is 1.12 bits per heavy atom. The number of halogens is 4. The van der Waals surface area contributed by atoms with Gasteiger partial charge in [-0.25, -0.2) is 12.8 Å². The van der Waals surface area contributed by atoms with Crippen LogP contribution >= 0.6 is 0 Å². The minimum Gasteiger partial charge on any atom is -0.377 e. The summed E-state index contributed by atoms with van der Waals surface area (Å²) in [7, 11) is -4.41. The highest BCUT2D eigenvalue weighted by atomic mass is 32.2. The Labute approximate surface area is 193 Å². The summed E-state index contributed by atoms with van der Waals surface area (Å²) >= 11 is 0. The SMILES string of the molecule is CC1COCCN1c1cc(N2CCN(S(=O)(=O)c3cncc(F)c3)CC2C(F)(F)F)[nH]c(=O)c1. The van der Waals surface area contributed by atoms with Crippen LogP contribution in [0, 0.1) is 5.82 Å². The van der Waals surface area contributed by atoms with E-state index in [1.165, 1.54) is 12.1 Å². The zero-order valence-corrected chi connectivity index (χ0v) is 18.9. The molecule has 0 spiro atoms. The van der Waals surface area contributed by atoms with Crippen LogP contribution < -0.4 is 15.4 Å². The molecule has 0 saturated carbocycles. The van der Waals surface area contributed by atoms with Crippen molar-refractivity contribution in [3.8, 4) is 0 Å². The quantitative estimate of drug-likeness (QED) is 0.630. The fourth-order valence-electron chi connectivity index (χ4n) is 4.17. The molecule has 0 aromatic carbocycles. The number of hydrogen-bond acceptors (Lipinski definition) is 7. The van der Waals surface area contributed by atoms with Gasteiger partial charge in [-0.3, -0.25) is 9.78 Å². The van der Waals surface area contributed by atoms with Crippen molar-refractivity contribution < 1.29 is 30.7 Å². The molecule has 0 bridgehead atoms. The number of anilines is 2. The van der Waals surface area contributed by atoms with Crippen molar-refractivity contribution in [3.05, 3.63) is 46.8 Å². The van der Waals surface area contributed by atoms with E-state index in [9.17, 15) is 30.8 Å². The third kappa shape index (κ3) is 4.88. The number of morpholine rings is 1. The Bertz CT molecular complexity index is 1210. The second kappa shape index (κ2) is 9.15. The van der Waals surface area contributed by atoms with Gasteiger partial charge in [0.15, 0.2) is 0 Å². The summed E-state index contributed by atoms with van der Waals surface area (Å²) < 4.78 is 87.5. The number of aromatic nitrogens is 2. The number of hydrogen-bond donors (Lipinski definition) is 1. The number of sulfonamides is 1. The van der Waals surface area contributed by atoms with Crippen LogP contribution in [0.2, 0.25) is 0 Å². The predicted octanol–water partition coefficient (Wildman–Crippen LogP) is 1.58. The Morgan fingerprint density at radius 2 is 1.88 bits per heavy atom. The van der Waals surface area contributed by atoms with Crippen LogP contribution in [-0.2, 0) is 14.8 Å². The first-order chi connectivity index (χ1) is 16.0. The van der Waals surface area contributed by atoms with Gasteiger partial charge in [-0.05, 0) is 13.0 Å². The van der Waals surface area contributed by atoms with Crippen molar-refractivity contribution in [1.29, 1.82) is 0 Å². The van der Waals surface area contributed by atoms with Gasteiger partial charge in [0.05, 0.1) is 19.4 Å². The molecule has 1 N–H and O–H groups in total. The van der Waals surface area contributed by atoms with Gasteiger partial charge in [-0.2, -0.15) is 17.5 Å². The topological polar surface area (TPSA) is 98.8 Å². The highest BCUT2D eigenvalue weighted by molar-refractivity contribution is 7.89. The molecule has 4 rings (SSSR count). The maximum absolute atomic E-state index is 14.1. The van der Waals surface area contributed by atoms with Crippen molar-refractivity contribution in [2.75, 3.05) is 49.2 Å². The monoisotopic (exact) mass is 505 g/mol. The molecule has 14 heteroatoms. The molecule has 2 saturated heterocycles. The number of aromatic amines is 1. The maximum Gasteiger partial charge on any atom is 0.410 e. The van der Waals surface area contributed by atoms with Crippen molar-refractivity contribution in [3.63, 3.8) is 0 Å². The first kappa shape index (κ1) is 24.4. The number of nitrogens with one attached hydrogen (secondary N) is 1. The molecular formula is C20H23F4N5O4S. The molecule has 34 heavy (non-hydrogen) atoms. The van der Waals surface area contributed by atoms with Crippen LogP contribution in [0.3, 0.4) is 0 Å². The lowest BCUT2D eigenvalue weighted by atomic mass is 10.1. The van der Waals surface area contributed by atoms with Crippen molar-refractivity contribution in [1.82, 2.24) is 14.3 Å². The molecular weight excluding hydrogens is 482 g/mol. The summed E-state index contributed by atoms with van der Waals surface area (Å²) in [5, 5.41) is 0. The Hall–Kier alpha value is -2.71. The van der Waals surface area contributed by atoms with Gasteiger partial charge in [0.25, 0.3) is 5.56 Å². The van der Waals surface area contributed by atoms with E-state index in [1.807, 2.05) is 11.8 Å². The molecule has 0 radical (unpaired) electrons. The number of alkyl halides is 3. The average molecular weight is 505 g/mol. The summed E-state index contributed by atoms with van der Waals surface area (Å²) in [5.41, 5.74) is -0.121. The van der Waals surface area contributed by atoms with E-state index in [0.29, 0.717) is 35.8 Å². The molecule has 2 aromatic heterocycles. The third-order valence-corrected chi connectivity index (χ3v) is 7.69. The number of nitrogens with zero attached hydrogens (tertiary/aromatic N) is 4. The van der Waals surface area contributed by atoms with Crippen LogP contribution in [0.15, 0.2) is 40.3 Å². The van der Waals surface area contributed by atoms with Crippen molar-refractivity contribution in [2.24, 2.45) is 0 Å². The van der Waals surface area contributed by atoms with Crippen molar-refractivity contribution in [2.45, 2.75) is 30.1 Å². The lowest BCUT2D eigenvalue weighted by molar-refractivity contribution is -0.153. The van der Waals surface area contributed by atoms with Crippen LogP contribution in [0.5, 0.6) is 0 Å². The number of H-pyrrole nitrogens is 1. The van der Waals surface area contributed by atoms with E-state index in [0.717, 1.165) is 17.3 Å². The van der Waals surface area contributed by atoms with Gasteiger partial charge in [-0.15, -0.1) is 0 Å². The third-order valence-electron chi connectivity index (χ3n) is 5.86. The summed E-state index contributed by atoms with van der Waals surface area (Å²) in [6.07, 6.45) is -3.13. The number of pyridine rings is 2. The van der Waals surface area contributed by atoms with Crippen molar-refractivity contribution >= 4 is 21.5 Å². The summed E-state index contributed by atoms with van der Waals surface area (Å²) in [5.74, 6) is -0.980. The molecule has 2 aliphatic rings. The molecule has 9 nitrogen and oxygen atoms in total. The predicted molar refractivity (Wildman–Crippen MR) is 115 cm³/mol. The molecule has 186 valence electrons. The van der Waals surface area contributed by atoms with Gasteiger partial charge in [0.1, 0.15) is 22.6 Å². The molecule has 2 unspecified atom stereocenters. The largest absolute Gasteiger partial charge is 0.410 e. The number of ether oxygens (including phenoxy) is 1. The van der Waals surface area contributed by atoms with E-state index in [1.54, 1.807) is 0 Å². The van der Waals surface area contributed by atoms with Gasteiger partial charge in [0, 0.05) is 56.2 Å².